The Labute approximate surface area is 248 Å². The summed E-state index contributed by atoms with van der Waals surface area (Å²) in [6.07, 6.45) is 0.954. The molecule has 0 fully saturated rings. The minimum Gasteiger partial charge on any atom is -0.481 e. The highest BCUT2D eigenvalue weighted by Gasteiger charge is 2.31. The van der Waals surface area contributed by atoms with Crippen LogP contribution in [0.3, 0.4) is 0 Å². The van der Waals surface area contributed by atoms with Gasteiger partial charge in [-0.1, -0.05) is 20.8 Å². The first-order valence-corrected chi connectivity index (χ1v) is 14.2. The van der Waals surface area contributed by atoms with E-state index in [-0.39, 0.29) is 69.1 Å². The van der Waals surface area contributed by atoms with Crippen LogP contribution in [-0.2, 0) is 38.2 Å². The van der Waals surface area contributed by atoms with E-state index in [9.17, 15) is 28.8 Å². The number of carboxylic acids is 2. The molecule has 6 N–H and O–H groups in total. The highest BCUT2D eigenvalue weighted by molar-refractivity contribution is 5.95. The number of Topliss-reactive ketones (excluding diaryl/α,β-unsaturated/α-hetero) is 1. The number of carbonyl (C=O) groups is 6. The highest BCUT2D eigenvalue weighted by atomic mass is 16.5. The summed E-state index contributed by atoms with van der Waals surface area (Å²) < 4.78 is 10.6. The van der Waals surface area contributed by atoms with Gasteiger partial charge in [-0.3, -0.25) is 24.0 Å². The molecule has 0 aromatic rings. The normalized spacial score (nSPS) is 13.1. The number of ketones is 1. The quantitative estimate of drug-likeness (QED) is 0.0747. The number of carbonyl (C=O) groups excluding carboxylic acids is 4. The van der Waals surface area contributed by atoms with Crippen molar-refractivity contribution in [3.63, 3.8) is 0 Å². The summed E-state index contributed by atoms with van der Waals surface area (Å²) in [5.41, 5.74) is -0.621. The lowest BCUT2D eigenvalue weighted by Crippen LogP contribution is -2.50. The van der Waals surface area contributed by atoms with Crippen molar-refractivity contribution >= 4 is 35.4 Å². The number of nitrogens with one attached hydrogen (secondary N) is 4. The number of hydrogen-bond donors (Lipinski definition) is 6. The minimum atomic E-state index is -1.39. The van der Waals surface area contributed by atoms with Gasteiger partial charge in [0.1, 0.15) is 19.1 Å². The number of aliphatic carboxylic acids is 2. The van der Waals surface area contributed by atoms with E-state index in [1.165, 1.54) is 0 Å². The van der Waals surface area contributed by atoms with Gasteiger partial charge in [0.2, 0.25) is 17.7 Å². The molecule has 0 unspecified atom stereocenters. The molecule has 0 aliphatic carbocycles. The maximum atomic E-state index is 12.8. The SMILES string of the molecule is CC(C)(C)N[C@@H](CCCCNC(=O)COCCOCCNC(=O)CC[C@H](NC(=O)CC(=O)O)C(=O)O)C(=O)C(C)(C)C. The second kappa shape index (κ2) is 19.9. The van der Waals surface area contributed by atoms with E-state index in [4.69, 9.17) is 19.7 Å². The Morgan fingerprint density at radius 1 is 0.714 bits per heavy atom. The molecule has 0 aromatic carbocycles. The molecule has 242 valence electrons. The molecule has 0 heterocycles. The van der Waals surface area contributed by atoms with Crippen molar-refractivity contribution in [1.82, 2.24) is 21.3 Å². The average Bonchev–Trinajstić information content (AvgIpc) is 2.84. The summed E-state index contributed by atoms with van der Waals surface area (Å²) in [4.78, 5) is 69.7. The number of carboxylic acid groups (broad SMARTS) is 2. The smallest absolute Gasteiger partial charge is 0.326 e. The highest BCUT2D eigenvalue weighted by Crippen LogP contribution is 2.21. The summed E-state index contributed by atoms with van der Waals surface area (Å²) in [7, 11) is 0. The molecule has 0 saturated carbocycles. The lowest BCUT2D eigenvalue weighted by Gasteiger charge is -2.31. The van der Waals surface area contributed by atoms with E-state index in [2.05, 4.69) is 21.3 Å². The van der Waals surface area contributed by atoms with Crippen molar-refractivity contribution in [2.75, 3.05) is 39.5 Å². The molecule has 0 bridgehead atoms. The third-order valence-electron chi connectivity index (χ3n) is 5.68. The van der Waals surface area contributed by atoms with Gasteiger partial charge in [-0.25, -0.2) is 4.79 Å². The number of rotatable bonds is 22. The summed E-state index contributed by atoms with van der Waals surface area (Å²) >= 11 is 0. The lowest BCUT2D eigenvalue weighted by molar-refractivity contribution is -0.145. The van der Waals surface area contributed by atoms with Gasteiger partial charge >= 0.3 is 11.9 Å². The van der Waals surface area contributed by atoms with Crippen LogP contribution in [0, 0.1) is 5.41 Å². The van der Waals surface area contributed by atoms with Gasteiger partial charge < -0.3 is 41.0 Å². The predicted molar refractivity (Wildman–Crippen MR) is 154 cm³/mol. The molecule has 0 saturated heterocycles. The lowest BCUT2D eigenvalue weighted by atomic mass is 9.84. The maximum absolute atomic E-state index is 12.8. The Morgan fingerprint density at radius 3 is 1.90 bits per heavy atom. The van der Waals surface area contributed by atoms with Crippen LogP contribution in [-0.4, -0.2) is 103 Å². The Balaban J connectivity index is 3.96. The van der Waals surface area contributed by atoms with E-state index < -0.39 is 41.6 Å². The van der Waals surface area contributed by atoms with Gasteiger partial charge in [0, 0.05) is 30.5 Å². The third-order valence-corrected chi connectivity index (χ3v) is 5.68. The minimum absolute atomic E-state index is 0.120. The van der Waals surface area contributed by atoms with Crippen LogP contribution >= 0.6 is 0 Å². The first-order valence-electron chi connectivity index (χ1n) is 14.2. The molecule has 0 rings (SSSR count). The number of ether oxygens (including phenoxy) is 2. The Morgan fingerprint density at radius 2 is 1.33 bits per heavy atom. The molecule has 14 nitrogen and oxygen atoms in total. The first-order chi connectivity index (χ1) is 19.4. The molecule has 0 aliphatic heterocycles. The van der Waals surface area contributed by atoms with Crippen LogP contribution < -0.4 is 21.3 Å². The van der Waals surface area contributed by atoms with Crippen molar-refractivity contribution in [2.24, 2.45) is 5.41 Å². The number of unbranched alkanes of at least 4 members (excludes halogenated alkanes) is 1. The van der Waals surface area contributed by atoms with Gasteiger partial charge in [0.05, 0.1) is 25.9 Å². The zero-order valence-electron chi connectivity index (χ0n) is 25.8. The molecule has 0 aromatic heterocycles. The fourth-order valence-corrected chi connectivity index (χ4v) is 3.72. The Kier molecular flexibility index (Phi) is 18.4. The van der Waals surface area contributed by atoms with Gasteiger partial charge in [0.15, 0.2) is 5.78 Å². The first kappa shape index (κ1) is 38.9. The predicted octanol–water partition coefficient (Wildman–Crippen LogP) is 0.619. The third kappa shape index (κ3) is 20.7. The van der Waals surface area contributed by atoms with E-state index in [1.54, 1.807) is 0 Å². The fourth-order valence-electron chi connectivity index (χ4n) is 3.72. The van der Waals surface area contributed by atoms with E-state index in [1.807, 2.05) is 41.5 Å². The molecule has 42 heavy (non-hydrogen) atoms. The molecular formula is C28H50N4O10. The van der Waals surface area contributed by atoms with Gasteiger partial charge in [-0.15, -0.1) is 0 Å². The largest absolute Gasteiger partial charge is 0.481 e. The van der Waals surface area contributed by atoms with Crippen LogP contribution in [0.5, 0.6) is 0 Å². The van der Waals surface area contributed by atoms with E-state index >= 15 is 0 Å². The van der Waals surface area contributed by atoms with Gasteiger partial charge in [-0.05, 0) is 46.5 Å². The summed E-state index contributed by atoms with van der Waals surface area (Å²) in [5, 5.41) is 28.5. The Bertz CT molecular complexity index is 896. The molecule has 3 amide bonds. The molecule has 2 atom stereocenters. The van der Waals surface area contributed by atoms with Crippen LogP contribution in [0.15, 0.2) is 0 Å². The summed E-state index contributed by atoms with van der Waals surface area (Å²) in [5.74, 6) is -4.24. The molecule has 0 radical (unpaired) electrons. The average molecular weight is 603 g/mol. The fraction of sp³-hybridized carbons (Fsp3) is 0.786. The van der Waals surface area contributed by atoms with Crippen LogP contribution in [0.25, 0.3) is 0 Å². The zero-order chi connectivity index (χ0) is 32.3. The molecular weight excluding hydrogens is 552 g/mol. The van der Waals surface area contributed by atoms with Crippen molar-refractivity contribution < 1.29 is 48.5 Å². The number of amides is 3. The van der Waals surface area contributed by atoms with Crippen LogP contribution in [0.4, 0.5) is 0 Å². The molecule has 0 aliphatic rings. The van der Waals surface area contributed by atoms with Gasteiger partial charge in [0.25, 0.3) is 0 Å². The van der Waals surface area contributed by atoms with E-state index in [0.29, 0.717) is 13.0 Å². The zero-order valence-corrected chi connectivity index (χ0v) is 25.8. The maximum Gasteiger partial charge on any atom is 0.326 e. The van der Waals surface area contributed by atoms with E-state index in [0.717, 1.165) is 12.8 Å². The monoisotopic (exact) mass is 602 g/mol. The van der Waals surface area contributed by atoms with Gasteiger partial charge in [-0.2, -0.15) is 0 Å². The second-order valence-electron chi connectivity index (χ2n) is 12.0. The summed E-state index contributed by atoms with van der Waals surface area (Å²) in [6.45, 7) is 12.9. The molecule has 14 heteroatoms. The topological polar surface area (TPSA) is 209 Å². The van der Waals surface area contributed by atoms with Crippen molar-refractivity contribution in [2.45, 2.75) is 97.7 Å². The Hall–Kier alpha value is -3.10. The molecule has 0 spiro atoms. The van der Waals surface area contributed by atoms with Crippen LogP contribution in [0.1, 0.15) is 80.1 Å². The summed E-state index contributed by atoms with van der Waals surface area (Å²) in [6, 6.07) is -1.62. The van der Waals surface area contributed by atoms with Crippen LogP contribution in [0.2, 0.25) is 0 Å². The van der Waals surface area contributed by atoms with Crippen molar-refractivity contribution in [3.8, 4) is 0 Å². The number of hydrogen-bond acceptors (Lipinski definition) is 9. The standard InChI is InChI=1S/C28H50N4O10/c1-27(2,3)25(38)19(32-28(4,5)6)9-7-8-12-29-23(35)18-42-16-15-41-14-13-30-21(33)11-10-20(26(39)40)31-22(34)17-24(36)37/h19-20,32H,7-18H2,1-6H3,(H,29,35)(H,30,33)(H,31,34)(H,36,37)(H,39,40)/t19-,20-/m0/s1. The second-order valence-corrected chi connectivity index (χ2v) is 12.0. The van der Waals surface area contributed by atoms with Crippen molar-refractivity contribution in [3.05, 3.63) is 0 Å². The van der Waals surface area contributed by atoms with Crippen molar-refractivity contribution in [1.29, 1.82) is 0 Å².